The van der Waals surface area contributed by atoms with E-state index in [0.29, 0.717) is 0 Å². The van der Waals surface area contributed by atoms with Crippen molar-refractivity contribution in [2.45, 2.75) is 25.5 Å². The molecule has 0 aliphatic carbocycles. The third-order valence-corrected chi connectivity index (χ3v) is 5.05. The maximum Gasteiger partial charge on any atom is 0.122 e. The molecule has 1 aliphatic heterocycles. The maximum absolute atomic E-state index is 6.11. The molecule has 3 heteroatoms. The van der Waals surface area contributed by atoms with Crippen LogP contribution < -0.4 is 14.8 Å². The van der Waals surface area contributed by atoms with E-state index in [1.807, 2.05) is 18.2 Å². The molecular formula is C24H25NO2. The fraction of sp³-hybridized carbons (Fsp3) is 0.250. The fourth-order valence-corrected chi connectivity index (χ4v) is 3.55. The highest BCUT2D eigenvalue weighted by molar-refractivity contribution is 5.64. The van der Waals surface area contributed by atoms with Gasteiger partial charge in [0.1, 0.15) is 17.6 Å². The van der Waals surface area contributed by atoms with E-state index in [0.717, 1.165) is 37.4 Å². The van der Waals surface area contributed by atoms with Gasteiger partial charge in [0.05, 0.1) is 7.11 Å². The van der Waals surface area contributed by atoms with Crippen molar-refractivity contribution >= 4 is 0 Å². The molecule has 0 radical (unpaired) electrons. The summed E-state index contributed by atoms with van der Waals surface area (Å²) >= 11 is 0. The van der Waals surface area contributed by atoms with Crippen LogP contribution in [-0.2, 0) is 13.0 Å². The molecule has 1 atom stereocenters. The number of benzene rings is 3. The Morgan fingerprint density at radius 3 is 2.67 bits per heavy atom. The van der Waals surface area contributed by atoms with E-state index in [9.17, 15) is 0 Å². The van der Waals surface area contributed by atoms with Gasteiger partial charge in [0.25, 0.3) is 0 Å². The molecule has 3 nitrogen and oxygen atoms in total. The predicted octanol–water partition coefficient (Wildman–Crippen LogP) is 4.85. The molecule has 0 saturated heterocycles. The van der Waals surface area contributed by atoms with Gasteiger partial charge in [-0.25, -0.2) is 0 Å². The van der Waals surface area contributed by atoms with Crippen LogP contribution in [-0.4, -0.2) is 19.8 Å². The summed E-state index contributed by atoms with van der Waals surface area (Å²) in [5.41, 5.74) is 5.02. The molecule has 1 N–H and O–H groups in total. The van der Waals surface area contributed by atoms with Crippen molar-refractivity contribution in [1.29, 1.82) is 0 Å². The molecule has 0 bridgehead atoms. The van der Waals surface area contributed by atoms with E-state index in [4.69, 9.17) is 9.47 Å². The predicted molar refractivity (Wildman–Crippen MR) is 109 cm³/mol. The largest absolute Gasteiger partial charge is 0.497 e. The van der Waals surface area contributed by atoms with Crippen molar-refractivity contribution in [3.63, 3.8) is 0 Å². The van der Waals surface area contributed by atoms with E-state index < -0.39 is 0 Å². The number of fused-ring (bicyclic) bond motifs is 1. The quantitative estimate of drug-likeness (QED) is 0.683. The van der Waals surface area contributed by atoms with Crippen LogP contribution in [0.15, 0.2) is 72.8 Å². The summed E-state index contributed by atoms with van der Waals surface area (Å²) in [5, 5.41) is 3.55. The Balaban J connectivity index is 1.34. The topological polar surface area (TPSA) is 30.5 Å². The second-order valence-electron chi connectivity index (χ2n) is 6.95. The summed E-state index contributed by atoms with van der Waals surface area (Å²) in [5.74, 6) is 1.92. The number of hydrogen-bond acceptors (Lipinski definition) is 3. The average Bonchev–Trinajstić information content (AvgIpc) is 2.74. The normalized spacial score (nSPS) is 15.7. The number of para-hydroxylation sites is 1. The summed E-state index contributed by atoms with van der Waals surface area (Å²) in [6.07, 6.45) is 2.40. The lowest BCUT2D eigenvalue weighted by Crippen LogP contribution is -2.33. The lowest BCUT2D eigenvalue weighted by atomic mass is 10.0. The Morgan fingerprint density at radius 2 is 1.81 bits per heavy atom. The minimum atomic E-state index is 0.240. The number of rotatable bonds is 6. The van der Waals surface area contributed by atoms with Crippen LogP contribution in [0.2, 0.25) is 0 Å². The van der Waals surface area contributed by atoms with Crippen LogP contribution in [0.25, 0.3) is 11.1 Å². The number of ether oxygens (including phenoxy) is 2. The molecular weight excluding hydrogens is 334 g/mol. The summed E-state index contributed by atoms with van der Waals surface area (Å²) < 4.78 is 11.4. The zero-order valence-corrected chi connectivity index (χ0v) is 15.7. The molecule has 27 heavy (non-hydrogen) atoms. The third-order valence-electron chi connectivity index (χ3n) is 5.05. The molecule has 4 rings (SSSR count). The zero-order valence-electron chi connectivity index (χ0n) is 15.7. The van der Waals surface area contributed by atoms with Crippen molar-refractivity contribution in [2.75, 3.05) is 13.7 Å². The van der Waals surface area contributed by atoms with Gasteiger partial charge in [-0.2, -0.15) is 0 Å². The van der Waals surface area contributed by atoms with Gasteiger partial charge >= 0.3 is 0 Å². The first-order chi connectivity index (χ1) is 13.3. The molecule has 0 amide bonds. The van der Waals surface area contributed by atoms with E-state index in [2.05, 4.69) is 59.9 Å². The summed E-state index contributed by atoms with van der Waals surface area (Å²) in [4.78, 5) is 0. The van der Waals surface area contributed by atoms with Crippen LogP contribution in [0.3, 0.4) is 0 Å². The molecule has 3 aromatic rings. The Hall–Kier alpha value is -2.78. The number of aryl methyl sites for hydroxylation is 1. The smallest absolute Gasteiger partial charge is 0.122 e. The Morgan fingerprint density at radius 1 is 0.963 bits per heavy atom. The first-order valence-electron chi connectivity index (χ1n) is 9.50. The van der Waals surface area contributed by atoms with Gasteiger partial charge in [0.15, 0.2) is 0 Å². The molecule has 0 aromatic heterocycles. The first-order valence-corrected chi connectivity index (χ1v) is 9.50. The SMILES string of the molecule is COc1ccc(-c2cccc(CNCC3CCc4ccccc4O3)c2)cc1. The molecule has 0 spiro atoms. The lowest BCUT2D eigenvalue weighted by molar-refractivity contribution is 0.170. The van der Waals surface area contributed by atoms with Crippen LogP contribution in [0, 0.1) is 0 Å². The van der Waals surface area contributed by atoms with Gasteiger partial charge in [-0.15, -0.1) is 0 Å². The summed E-state index contributed by atoms with van der Waals surface area (Å²) in [6.45, 7) is 1.70. The molecule has 0 fully saturated rings. The fourth-order valence-electron chi connectivity index (χ4n) is 3.55. The standard InChI is InChI=1S/C24H25NO2/c1-26-22-12-9-19(10-13-22)21-7-4-5-18(15-21)16-25-17-23-14-11-20-6-2-3-8-24(20)27-23/h2-10,12-13,15,23,25H,11,14,16-17H2,1H3. The molecule has 1 unspecified atom stereocenters. The van der Waals surface area contributed by atoms with Gasteiger partial charge in [0.2, 0.25) is 0 Å². The molecule has 3 aromatic carbocycles. The third kappa shape index (κ3) is 4.32. The van der Waals surface area contributed by atoms with Crippen LogP contribution in [0.5, 0.6) is 11.5 Å². The van der Waals surface area contributed by atoms with Crippen molar-refractivity contribution in [3.05, 3.63) is 83.9 Å². The van der Waals surface area contributed by atoms with Gasteiger partial charge < -0.3 is 14.8 Å². The highest BCUT2D eigenvalue weighted by Crippen LogP contribution is 2.27. The zero-order chi connectivity index (χ0) is 18.5. The van der Waals surface area contributed by atoms with E-state index in [1.165, 1.54) is 22.3 Å². The molecule has 138 valence electrons. The van der Waals surface area contributed by atoms with Crippen molar-refractivity contribution < 1.29 is 9.47 Å². The number of methoxy groups -OCH3 is 1. The highest BCUT2D eigenvalue weighted by atomic mass is 16.5. The second-order valence-corrected chi connectivity index (χ2v) is 6.95. The molecule has 0 saturated carbocycles. The minimum absolute atomic E-state index is 0.240. The minimum Gasteiger partial charge on any atom is -0.497 e. The van der Waals surface area contributed by atoms with Crippen molar-refractivity contribution in [1.82, 2.24) is 5.32 Å². The molecule has 1 heterocycles. The van der Waals surface area contributed by atoms with Crippen molar-refractivity contribution in [3.8, 4) is 22.6 Å². The Bertz CT molecular complexity index is 889. The van der Waals surface area contributed by atoms with Gasteiger partial charge in [-0.1, -0.05) is 48.5 Å². The Kier molecular flexibility index (Phi) is 5.40. The van der Waals surface area contributed by atoms with Gasteiger partial charge in [-0.05, 0) is 59.4 Å². The van der Waals surface area contributed by atoms with E-state index in [1.54, 1.807) is 7.11 Å². The van der Waals surface area contributed by atoms with Gasteiger partial charge in [-0.3, -0.25) is 0 Å². The monoisotopic (exact) mass is 359 g/mol. The summed E-state index contributed by atoms with van der Waals surface area (Å²) in [7, 11) is 1.69. The van der Waals surface area contributed by atoms with Crippen LogP contribution >= 0.6 is 0 Å². The second kappa shape index (κ2) is 8.28. The maximum atomic E-state index is 6.11. The van der Waals surface area contributed by atoms with Crippen molar-refractivity contribution in [2.24, 2.45) is 0 Å². The lowest BCUT2D eigenvalue weighted by Gasteiger charge is -2.26. The number of hydrogen-bond donors (Lipinski definition) is 1. The first kappa shape index (κ1) is 17.6. The van der Waals surface area contributed by atoms with Crippen LogP contribution in [0.1, 0.15) is 17.5 Å². The molecule has 1 aliphatic rings. The van der Waals surface area contributed by atoms with Crippen LogP contribution in [0.4, 0.5) is 0 Å². The Labute approximate surface area is 161 Å². The average molecular weight is 359 g/mol. The van der Waals surface area contributed by atoms with E-state index >= 15 is 0 Å². The number of nitrogens with one attached hydrogen (secondary N) is 1. The highest BCUT2D eigenvalue weighted by Gasteiger charge is 2.18. The summed E-state index contributed by atoms with van der Waals surface area (Å²) in [6, 6.07) is 25.2. The van der Waals surface area contributed by atoms with E-state index in [-0.39, 0.29) is 6.10 Å². The van der Waals surface area contributed by atoms with Gasteiger partial charge in [0, 0.05) is 13.1 Å².